The minimum atomic E-state index is -1.93. The molecule has 0 fully saturated rings. The molecule has 0 spiro atoms. The van der Waals surface area contributed by atoms with E-state index < -0.39 is 24.2 Å². The van der Waals surface area contributed by atoms with Crippen LogP contribution in [-0.4, -0.2) is 29.3 Å². The van der Waals surface area contributed by atoms with E-state index in [-0.39, 0.29) is 6.42 Å². The SMILES string of the molecule is CC(=O)Oc1ccc(C[C@](N)(CF)C(=O)O)cc1. The molecule has 98 valence electrons. The molecule has 1 aromatic carbocycles. The highest BCUT2D eigenvalue weighted by molar-refractivity contribution is 5.79. The summed E-state index contributed by atoms with van der Waals surface area (Å²) in [7, 11) is 0. The second-order valence-electron chi connectivity index (χ2n) is 4.01. The molecular weight excluding hydrogens is 241 g/mol. The number of carbonyl (C=O) groups is 2. The molecule has 5 nitrogen and oxygen atoms in total. The minimum absolute atomic E-state index is 0.140. The molecule has 0 radical (unpaired) electrons. The predicted octanol–water partition coefficient (Wildman–Crippen LogP) is 0.906. The molecule has 0 amide bonds. The van der Waals surface area contributed by atoms with Crippen molar-refractivity contribution < 1.29 is 23.8 Å². The van der Waals surface area contributed by atoms with E-state index in [9.17, 15) is 14.0 Å². The first kappa shape index (κ1) is 14.1. The molecular formula is C12H14FNO4. The van der Waals surface area contributed by atoms with Crippen molar-refractivity contribution in [3.8, 4) is 5.75 Å². The molecule has 1 aromatic rings. The number of halogens is 1. The number of ether oxygens (including phenoxy) is 1. The third-order valence-corrected chi connectivity index (χ3v) is 2.37. The van der Waals surface area contributed by atoms with E-state index in [1.54, 1.807) is 12.1 Å². The Balaban J connectivity index is 2.80. The van der Waals surface area contributed by atoms with Crippen LogP contribution in [0.3, 0.4) is 0 Å². The average molecular weight is 255 g/mol. The summed E-state index contributed by atoms with van der Waals surface area (Å²) in [4.78, 5) is 21.5. The largest absolute Gasteiger partial charge is 0.480 e. The van der Waals surface area contributed by atoms with Gasteiger partial charge in [0, 0.05) is 13.3 Å². The van der Waals surface area contributed by atoms with E-state index >= 15 is 0 Å². The number of hydrogen-bond acceptors (Lipinski definition) is 4. The van der Waals surface area contributed by atoms with Crippen LogP contribution in [0.2, 0.25) is 0 Å². The second-order valence-corrected chi connectivity index (χ2v) is 4.01. The highest BCUT2D eigenvalue weighted by atomic mass is 19.1. The zero-order chi connectivity index (χ0) is 13.8. The summed E-state index contributed by atoms with van der Waals surface area (Å²) in [5, 5.41) is 8.83. The Morgan fingerprint density at radius 2 is 1.94 bits per heavy atom. The number of alkyl halides is 1. The Labute approximate surface area is 103 Å². The molecule has 0 aliphatic heterocycles. The molecule has 6 heteroatoms. The summed E-state index contributed by atoms with van der Waals surface area (Å²) >= 11 is 0. The van der Waals surface area contributed by atoms with Crippen LogP contribution in [0.1, 0.15) is 12.5 Å². The smallest absolute Gasteiger partial charge is 0.326 e. The van der Waals surface area contributed by atoms with Gasteiger partial charge < -0.3 is 15.6 Å². The van der Waals surface area contributed by atoms with Crippen LogP contribution in [-0.2, 0) is 16.0 Å². The van der Waals surface area contributed by atoms with Gasteiger partial charge >= 0.3 is 11.9 Å². The van der Waals surface area contributed by atoms with Gasteiger partial charge in [-0.15, -0.1) is 0 Å². The molecule has 0 aromatic heterocycles. The number of aliphatic carboxylic acids is 1. The number of rotatable bonds is 5. The van der Waals surface area contributed by atoms with E-state index in [0.29, 0.717) is 11.3 Å². The van der Waals surface area contributed by atoms with Crippen molar-refractivity contribution in [2.75, 3.05) is 6.67 Å². The number of nitrogens with two attached hydrogens (primary N) is 1. The van der Waals surface area contributed by atoms with Gasteiger partial charge in [0.25, 0.3) is 0 Å². The number of benzene rings is 1. The molecule has 0 bridgehead atoms. The van der Waals surface area contributed by atoms with Gasteiger partial charge in [0.2, 0.25) is 0 Å². The lowest BCUT2D eigenvalue weighted by atomic mass is 9.93. The second kappa shape index (κ2) is 5.59. The van der Waals surface area contributed by atoms with Crippen molar-refractivity contribution in [1.29, 1.82) is 0 Å². The number of carboxylic acids is 1. The van der Waals surface area contributed by atoms with Crippen LogP contribution in [0.4, 0.5) is 4.39 Å². The molecule has 0 aliphatic carbocycles. The van der Waals surface area contributed by atoms with E-state index in [0.717, 1.165) is 0 Å². The summed E-state index contributed by atoms with van der Waals surface area (Å²) < 4.78 is 17.5. The van der Waals surface area contributed by atoms with Crippen molar-refractivity contribution in [3.63, 3.8) is 0 Å². The van der Waals surface area contributed by atoms with Crippen molar-refractivity contribution in [3.05, 3.63) is 29.8 Å². The predicted molar refractivity (Wildman–Crippen MR) is 62.0 cm³/mol. The van der Waals surface area contributed by atoms with Crippen LogP contribution in [0.25, 0.3) is 0 Å². The van der Waals surface area contributed by atoms with Gasteiger partial charge in [0.15, 0.2) is 0 Å². The lowest BCUT2D eigenvalue weighted by molar-refractivity contribution is -0.144. The maximum atomic E-state index is 12.7. The van der Waals surface area contributed by atoms with E-state index in [4.69, 9.17) is 15.6 Å². The van der Waals surface area contributed by atoms with Crippen LogP contribution < -0.4 is 10.5 Å². The molecule has 18 heavy (non-hydrogen) atoms. The third kappa shape index (κ3) is 3.53. The Bertz CT molecular complexity index is 446. The molecule has 1 atom stereocenters. The van der Waals surface area contributed by atoms with E-state index in [1.165, 1.54) is 19.1 Å². The molecule has 3 N–H and O–H groups in total. The average Bonchev–Trinajstić information content (AvgIpc) is 2.30. The fourth-order valence-corrected chi connectivity index (χ4v) is 1.39. The molecule has 0 saturated carbocycles. The van der Waals surface area contributed by atoms with E-state index in [1.807, 2.05) is 0 Å². The van der Waals surface area contributed by atoms with Gasteiger partial charge in [0.1, 0.15) is 18.0 Å². The first-order chi connectivity index (χ1) is 8.37. The lowest BCUT2D eigenvalue weighted by Gasteiger charge is -2.20. The van der Waals surface area contributed by atoms with Crippen molar-refractivity contribution in [2.24, 2.45) is 5.73 Å². The number of carbonyl (C=O) groups excluding carboxylic acids is 1. The van der Waals surface area contributed by atoms with Crippen molar-refractivity contribution >= 4 is 11.9 Å². The Kier molecular flexibility index (Phi) is 4.38. The lowest BCUT2D eigenvalue weighted by Crippen LogP contribution is -2.52. The first-order valence-electron chi connectivity index (χ1n) is 5.23. The van der Waals surface area contributed by atoms with Crippen molar-refractivity contribution in [2.45, 2.75) is 18.9 Å². The first-order valence-corrected chi connectivity index (χ1v) is 5.23. The summed E-state index contributed by atoms with van der Waals surface area (Å²) in [6.45, 7) is 0.111. The normalized spacial score (nSPS) is 13.7. The monoisotopic (exact) mass is 255 g/mol. The van der Waals surface area contributed by atoms with Gasteiger partial charge in [-0.2, -0.15) is 0 Å². The third-order valence-electron chi connectivity index (χ3n) is 2.37. The molecule has 0 unspecified atom stereocenters. The quantitative estimate of drug-likeness (QED) is 0.603. The highest BCUT2D eigenvalue weighted by Crippen LogP contribution is 2.17. The summed E-state index contributed by atoms with van der Waals surface area (Å²) in [5.41, 5.74) is 4.05. The molecule has 0 heterocycles. The summed E-state index contributed by atoms with van der Waals surface area (Å²) in [5.74, 6) is -1.51. The van der Waals surface area contributed by atoms with Gasteiger partial charge in [-0.25, -0.2) is 4.39 Å². The van der Waals surface area contributed by atoms with Gasteiger partial charge in [-0.3, -0.25) is 9.59 Å². The maximum absolute atomic E-state index is 12.7. The summed E-state index contributed by atoms with van der Waals surface area (Å²) in [6.07, 6.45) is -0.140. The van der Waals surface area contributed by atoms with Crippen LogP contribution >= 0.6 is 0 Å². The fraction of sp³-hybridized carbons (Fsp3) is 0.333. The topological polar surface area (TPSA) is 89.6 Å². The van der Waals surface area contributed by atoms with Gasteiger partial charge in [-0.1, -0.05) is 12.1 Å². The zero-order valence-electron chi connectivity index (χ0n) is 9.85. The van der Waals surface area contributed by atoms with Crippen LogP contribution in [0.5, 0.6) is 5.75 Å². The van der Waals surface area contributed by atoms with Gasteiger partial charge in [-0.05, 0) is 17.7 Å². The maximum Gasteiger partial charge on any atom is 0.326 e. The Morgan fingerprint density at radius 1 is 1.39 bits per heavy atom. The Morgan fingerprint density at radius 3 is 2.33 bits per heavy atom. The van der Waals surface area contributed by atoms with Gasteiger partial charge in [0.05, 0.1) is 0 Å². The molecule has 0 saturated heterocycles. The fourth-order valence-electron chi connectivity index (χ4n) is 1.39. The number of carboxylic acid groups (broad SMARTS) is 1. The van der Waals surface area contributed by atoms with Crippen molar-refractivity contribution in [1.82, 2.24) is 0 Å². The van der Waals surface area contributed by atoms with Crippen LogP contribution in [0.15, 0.2) is 24.3 Å². The molecule has 0 aliphatic rings. The number of esters is 1. The summed E-state index contributed by atoms with van der Waals surface area (Å²) in [6, 6.07) is 6.07. The standard InChI is InChI=1S/C12H14FNO4/c1-8(15)18-10-4-2-9(3-5-10)6-12(14,7-13)11(16)17/h2-5H,6-7,14H2,1H3,(H,16,17)/t12-/m0/s1. The Hall–Kier alpha value is -1.95. The minimum Gasteiger partial charge on any atom is -0.480 e. The van der Waals surface area contributed by atoms with Crippen LogP contribution in [0, 0.1) is 0 Å². The molecule has 1 rings (SSSR count). The van der Waals surface area contributed by atoms with E-state index in [2.05, 4.69) is 0 Å². The zero-order valence-corrected chi connectivity index (χ0v) is 9.85. The highest BCUT2D eigenvalue weighted by Gasteiger charge is 2.34. The number of hydrogen-bond donors (Lipinski definition) is 2.